The summed E-state index contributed by atoms with van der Waals surface area (Å²) in [5, 5.41) is 0. The van der Waals surface area contributed by atoms with Gasteiger partial charge >= 0.3 is 0 Å². The molecule has 2 rings (SSSR count). The number of Topliss-reactive ketones (excluding diaryl/α,β-unsaturated/α-hetero) is 1. The molecule has 0 radical (unpaired) electrons. The number of hydrogen-bond acceptors (Lipinski definition) is 2. The fourth-order valence-electron chi connectivity index (χ4n) is 1.61. The molecule has 1 saturated carbocycles. The maximum Gasteiger partial charge on any atom is 0.165 e. The van der Waals surface area contributed by atoms with Gasteiger partial charge in [-0.05, 0) is 37.8 Å². The summed E-state index contributed by atoms with van der Waals surface area (Å²) in [6, 6.07) is 5.64. The zero-order chi connectivity index (χ0) is 10.1. The monoisotopic (exact) mass is 189 g/mol. The number of anilines is 1. The fourth-order valence-corrected chi connectivity index (χ4v) is 1.61. The second-order valence-corrected chi connectivity index (χ2v) is 4.16. The van der Waals surface area contributed by atoms with Gasteiger partial charge in [0.15, 0.2) is 5.78 Å². The Hall–Kier alpha value is -1.31. The van der Waals surface area contributed by atoms with Gasteiger partial charge in [-0.3, -0.25) is 4.79 Å². The first-order valence-electron chi connectivity index (χ1n) is 5.06. The van der Waals surface area contributed by atoms with E-state index in [-0.39, 0.29) is 5.78 Å². The van der Waals surface area contributed by atoms with E-state index in [0.717, 1.165) is 5.56 Å². The fraction of sp³-hybridized carbons (Fsp3) is 0.417. The number of carbonyl (C=O) groups excluding carboxylic acids is 1. The number of nitrogens with two attached hydrogens (primary N) is 1. The third-order valence-electron chi connectivity index (χ3n) is 2.68. The number of aryl methyl sites for hydroxylation is 1. The third-order valence-corrected chi connectivity index (χ3v) is 2.68. The maximum absolute atomic E-state index is 11.8. The van der Waals surface area contributed by atoms with Crippen molar-refractivity contribution in [2.24, 2.45) is 5.92 Å². The van der Waals surface area contributed by atoms with Gasteiger partial charge in [-0.1, -0.05) is 11.6 Å². The van der Waals surface area contributed by atoms with Crippen LogP contribution < -0.4 is 5.73 Å². The lowest BCUT2D eigenvalue weighted by atomic mass is 10.0. The molecule has 1 aromatic carbocycles. The van der Waals surface area contributed by atoms with E-state index in [9.17, 15) is 4.79 Å². The van der Waals surface area contributed by atoms with Crippen molar-refractivity contribution in [1.29, 1.82) is 0 Å². The van der Waals surface area contributed by atoms with Crippen LogP contribution in [-0.4, -0.2) is 5.78 Å². The van der Waals surface area contributed by atoms with Crippen LogP contribution in [0.15, 0.2) is 18.2 Å². The Kier molecular flexibility index (Phi) is 2.28. The van der Waals surface area contributed by atoms with Gasteiger partial charge in [0.2, 0.25) is 0 Å². The van der Waals surface area contributed by atoms with E-state index >= 15 is 0 Å². The summed E-state index contributed by atoms with van der Waals surface area (Å²) in [6.45, 7) is 1.98. The van der Waals surface area contributed by atoms with E-state index in [2.05, 4.69) is 0 Å². The minimum atomic E-state index is 0.203. The Morgan fingerprint density at radius 1 is 1.50 bits per heavy atom. The van der Waals surface area contributed by atoms with Gasteiger partial charge in [0, 0.05) is 17.7 Å². The van der Waals surface area contributed by atoms with Crippen LogP contribution in [0.25, 0.3) is 0 Å². The number of ketones is 1. The SMILES string of the molecule is Cc1ccc(N)c(C(=O)CC2CC2)c1. The van der Waals surface area contributed by atoms with Crippen LogP contribution in [0, 0.1) is 12.8 Å². The number of carbonyl (C=O) groups is 1. The Balaban J connectivity index is 2.20. The molecule has 1 aromatic rings. The highest BCUT2D eigenvalue weighted by atomic mass is 16.1. The molecule has 1 aliphatic carbocycles. The summed E-state index contributed by atoms with van der Waals surface area (Å²) in [7, 11) is 0. The molecule has 1 aliphatic rings. The van der Waals surface area contributed by atoms with Gasteiger partial charge in [-0.25, -0.2) is 0 Å². The predicted octanol–water partition coefficient (Wildman–Crippen LogP) is 2.56. The molecule has 0 aromatic heterocycles. The maximum atomic E-state index is 11.8. The van der Waals surface area contributed by atoms with Crippen LogP contribution in [0.2, 0.25) is 0 Å². The standard InChI is InChI=1S/C12H15NO/c1-8-2-5-11(13)10(6-8)12(14)7-9-3-4-9/h2,5-6,9H,3-4,7,13H2,1H3. The Morgan fingerprint density at radius 2 is 2.21 bits per heavy atom. The van der Waals surface area contributed by atoms with Crippen molar-refractivity contribution in [3.63, 3.8) is 0 Å². The van der Waals surface area contributed by atoms with Crippen LogP contribution >= 0.6 is 0 Å². The van der Waals surface area contributed by atoms with Gasteiger partial charge in [0.05, 0.1) is 0 Å². The highest BCUT2D eigenvalue weighted by Crippen LogP contribution is 2.34. The summed E-state index contributed by atoms with van der Waals surface area (Å²) in [5.74, 6) is 0.830. The summed E-state index contributed by atoms with van der Waals surface area (Å²) in [6.07, 6.45) is 3.09. The molecule has 0 heterocycles. The van der Waals surface area contributed by atoms with Crippen molar-refractivity contribution < 1.29 is 4.79 Å². The first-order chi connectivity index (χ1) is 6.66. The smallest absolute Gasteiger partial charge is 0.165 e. The number of hydrogen-bond donors (Lipinski definition) is 1. The van der Waals surface area contributed by atoms with Crippen LogP contribution in [0.4, 0.5) is 5.69 Å². The van der Waals surface area contributed by atoms with Gasteiger partial charge < -0.3 is 5.73 Å². The minimum Gasteiger partial charge on any atom is -0.398 e. The molecule has 0 saturated heterocycles. The average Bonchev–Trinajstić information content (AvgIpc) is 2.93. The lowest BCUT2D eigenvalue weighted by molar-refractivity contribution is 0.0977. The van der Waals surface area contributed by atoms with Crippen molar-refractivity contribution in [1.82, 2.24) is 0 Å². The first kappa shape index (κ1) is 9.25. The van der Waals surface area contributed by atoms with E-state index in [1.807, 2.05) is 25.1 Å². The van der Waals surface area contributed by atoms with Crippen molar-refractivity contribution in [3.8, 4) is 0 Å². The molecular formula is C12H15NO. The van der Waals surface area contributed by atoms with E-state index < -0.39 is 0 Å². The Labute approximate surface area is 84.1 Å². The molecule has 1 fully saturated rings. The number of benzene rings is 1. The lowest BCUT2D eigenvalue weighted by Crippen LogP contribution is -2.04. The molecule has 0 unspecified atom stereocenters. The summed E-state index contributed by atoms with van der Waals surface area (Å²) < 4.78 is 0. The van der Waals surface area contributed by atoms with Crippen LogP contribution in [0.3, 0.4) is 0 Å². The van der Waals surface area contributed by atoms with Crippen LogP contribution in [0.1, 0.15) is 35.2 Å². The molecule has 2 heteroatoms. The van der Waals surface area contributed by atoms with Crippen LogP contribution in [0.5, 0.6) is 0 Å². The van der Waals surface area contributed by atoms with Crippen molar-refractivity contribution in [2.75, 3.05) is 5.73 Å². The zero-order valence-corrected chi connectivity index (χ0v) is 8.42. The summed E-state index contributed by atoms with van der Waals surface area (Å²) >= 11 is 0. The van der Waals surface area contributed by atoms with E-state index in [1.165, 1.54) is 12.8 Å². The van der Waals surface area contributed by atoms with Gasteiger partial charge in [-0.15, -0.1) is 0 Å². The van der Waals surface area contributed by atoms with E-state index in [0.29, 0.717) is 23.6 Å². The topological polar surface area (TPSA) is 43.1 Å². The lowest BCUT2D eigenvalue weighted by Gasteiger charge is -2.05. The van der Waals surface area contributed by atoms with E-state index in [1.54, 1.807) is 0 Å². The molecule has 0 atom stereocenters. The van der Waals surface area contributed by atoms with Gasteiger partial charge in [-0.2, -0.15) is 0 Å². The third kappa shape index (κ3) is 1.95. The zero-order valence-electron chi connectivity index (χ0n) is 8.42. The van der Waals surface area contributed by atoms with Gasteiger partial charge in [0.25, 0.3) is 0 Å². The Morgan fingerprint density at radius 3 is 2.86 bits per heavy atom. The quantitative estimate of drug-likeness (QED) is 0.586. The highest BCUT2D eigenvalue weighted by molar-refractivity contribution is 6.01. The second-order valence-electron chi connectivity index (χ2n) is 4.16. The summed E-state index contributed by atoms with van der Waals surface area (Å²) in [5.41, 5.74) is 8.18. The molecule has 2 N–H and O–H groups in total. The van der Waals surface area contributed by atoms with Crippen molar-refractivity contribution >= 4 is 11.5 Å². The normalized spacial score (nSPS) is 15.5. The molecule has 0 spiro atoms. The molecule has 0 amide bonds. The molecular weight excluding hydrogens is 174 g/mol. The molecule has 74 valence electrons. The molecule has 0 bridgehead atoms. The van der Waals surface area contributed by atoms with Crippen molar-refractivity contribution in [3.05, 3.63) is 29.3 Å². The average molecular weight is 189 g/mol. The largest absolute Gasteiger partial charge is 0.398 e. The summed E-state index contributed by atoms with van der Waals surface area (Å²) in [4.78, 5) is 11.8. The second kappa shape index (κ2) is 3.45. The first-order valence-corrected chi connectivity index (χ1v) is 5.06. The number of nitrogen functional groups attached to an aromatic ring is 1. The molecule has 14 heavy (non-hydrogen) atoms. The minimum absolute atomic E-state index is 0.203. The van der Waals surface area contributed by atoms with Crippen molar-refractivity contribution in [2.45, 2.75) is 26.2 Å². The van der Waals surface area contributed by atoms with E-state index in [4.69, 9.17) is 5.73 Å². The molecule has 2 nitrogen and oxygen atoms in total. The molecule has 0 aliphatic heterocycles. The van der Waals surface area contributed by atoms with Crippen LogP contribution in [-0.2, 0) is 0 Å². The predicted molar refractivity (Wildman–Crippen MR) is 57.3 cm³/mol. The Bertz CT molecular complexity index is 367. The highest BCUT2D eigenvalue weighted by Gasteiger charge is 2.25. The number of rotatable bonds is 3. The van der Waals surface area contributed by atoms with Gasteiger partial charge in [0.1, 0.15) is 0 Å².